The predicted octanol–water partition coefficient (Wildman–Crippen LogP) is 4.70. The number of carbonyl (C=O) groups is 1. The molecule has 0 unspecified atom stereocenters. The monoisotopic (exact) mass is 366 g/mol. The van der Waals surface area contributed by atoms with E-state index in [0.717, 1.165) is 18.2 Å². The largest absolute Gasteiger partial charge is 0.416 e. The molecule has 0 fully saturated rings. The van der Waals surface area contributed by atoms with Crippen LogP contribution in [0.25, 0.3) is 0 Å². The van der Waals surface area contributed by atoms with E-state index in [4.69, 9.17) is 5.73 Å². The Morgan fingerprint density at radius 1 is 0.880 bits per heavy atom. The number of nitrogen functional groups attached to an aromatic ring is 1. The average molecular weight is 366 g/mol. The number of nitrogens with two attached hydrogens (primary N) is 1. The molecular formula is C15H9F7N2O. The van der Waals surface area contributed by atoms with Crippen LogP contribution >= 0.6 is 0 Å². The van der Waals surface area contributed by atoms with Crippen molar-refractivity contribution in [3.8, 4) is 0 Å². The standard InChI is InChI=1S/C15H9F7N2O/c16-11-6-10(1-2-12(11)23)24-13(25)7-3-8(14(17,18)19)5-9(4-7)15(20,21)22/h1-6H,23H2,(H,24,25). The van der Waals surface area contributed by atoms with E-state index in [-0.39, 0.29) is 29.6 Å². The molecule has 0 saturated carbocycles. The normalized spacial score (nSPS) is 12.1. The number of amides is 1. The summed E-state index contributed by atoms with van der Waals surface area (Å²) in [7, 11) is 0. The van der Waals surface area contributed by atoms with E-state index in [0.29, 0.717) is 0 Å². The molecule has 25 heavy (non-hydrogen) atoms. The fourth-order valence-corrected chi connectivity index (χ4v) is 1.89. The lowest BCUT2D eigenvalue weighted by atomic mass is 10.0. The van der Waals surface area contributed by atoms with Crippen molar-refractivity contribution in [3.05, 3.63) is 58.9 Å². The Hall–Kier alpha value is -2.78. The Bertz CT molecular complexity index is 780. The molecule has 2 aromatic carbocycles. The van der Waals surface area contributed by atoms with Crippen molar-refractivity contribution in [1.29, 1.82) is 0 Å². The maximum Gasteiger partial charge on any atom is 0.416 e. The van der Waals surface area contributed by atoms with Gasteiger partial charge in [0.05, 0.1) is 16.8 Å². The Labute approximate surface area is 136 Å². The second kappa shape index (κ2) is 6.26. The molecule has 0 aliphatic carbocycles. The number of alkyl halides is 6. The molecule has 0 bridgehead atoms. The van der Waals surface area contributed by atoms with Gasteiger partial charge in [-0.15, -0.1) is 0 Å². The zero-order valence-electron chi connectivity index (χ0n) is 12.1. The van der Waals surface area contributed by atoms with E-state index in [1.165, 1.54) is 0 Å². The lowest BCUT2D eigenvalue weighted by Crippen LogP contribution is -2.17. The molecule has 0 spiro atoms. The van der Waals surface area contributed by atoms with Gasteiger partial charge in [0, 0.05) is 11.3 Å². The van der Waals surface area contributed by atoms with Gasteiger partial charge in [-0.25, -0.2) is 4.39 Å². The van der Waals surface area contributed by atoms with Crippen LogP contribution in [0.5, 0.6) is 0 Å². The van der Waals surface area contributed by atoms with Crippen LogP contribution in [0.15, 0.2) is 36.4 Å². The fraction of sp³-hybridized carbons (Fsp3) is 0.133. The van der Waals surface area contributed by atoms with Gasteiger partial charge in [0.15, 0.2) is 0 Å². The topological polar surface area (TPSA) is 55.1 Å². The third-order valence-corrected chi connectivity index (χ3v) is 3.11. The highest BCUT2D eigenvalue weighted by molar-refractivity contribution is 6.04. The third-order valence-electron chi connectivity index (χ3n) is 3.11. The minimum absolute atomic E-state index is 0.0976. The fourth-order valence-electron chi connectivity index (χ4n) is 1.89. The van der Waals surface area contributed by atoms with Crippen LogP contribution in [0.4, 0.5) is 42.1 Å². The summed E-state index contributed by atoms with van der Waals surface area (Å²) in [5.74, 6) is -2.17. The second-order valence-electron chi connectivity index (χ2n) is 4.98. The Morgan fingerprint density at radius 2 is 1.40 bits per heavy atom. The highest BCUT2D eigenvalue weighted by atomic mass is 19.4. The predicted molar refractivity (Wildman–Crippen MR) is 75.2 cm³/mol. The minimum Gasteiger partial charge on any atom is -0.396 e. The van der Waals surface area contributed by atoms with Crippen molar-refractivity contribution in [2.24, 2.45) is 0 Å². The number of carbonyl (C=O) groups excluding carboxylic acids is 1. The summed E-state index contributed by atoms with van der Waals surface area (Å²) >= 11 is 0. The van der Waals surface area contributed by atoms with Crippen molar-refractivity contribution >= 4 is 17.3 Å². The van der Waals surface area contributed by atoms with E-state index in [9.17, 15) is 35.5 Å². The first-order valence-electron chi connectivity index (χ1n) is 6.54. The highest BCUT2D eigenvalue weighted by Gasteiger charge is 2.37. The van der Waals surface area contributed by atoms with Crippen molar-refractivity contribution in [3.63, 3.8) is 0 Å². The molecule has 0 heterocycles. The van der Waals surface area contributed by atoms with Gasteiger partial charge in [-0.2, -0.15) is 26.3 Å². The molecular weight excluding hydrogens is 357 g/mol. The van der Waals surface area contributed by atoms with Crippen molar-refractivity contribution in [2.45, 2.75) is 12.4 Å². The quantitative estimate of drug-likeness (QED) is 0.598. The number of halogens is 7. The van der Waals surface area contributed by atoms with Gasteiger partial charge < -0.3 is 11.1 Å². The van der Waals surface area contributed by atoms with Crippen LogP contribution in [0.2, 0.25) is 0 Å². The van der Waals surface area contributed by atoms with Gasteiger partial charge in [0.1, 0.15) is 5.82 Å². The first kappa shape index (κ1) is 18.6. The number of anilines is 2. The summed E-state index contributed by atoms with van der Waals surface area (Å²) in [5.41, 5.74) is 0.678. The molecule has 1 amide bonds. The van der Waals surface area contributed by atoms with Gasteiger partial charge in [0.25, 0.3) is 5.91 Å². The molecule has 0 aliphatic heterocycles. The Kier molecular flexibility index (Phi) is 4.65. The minimum atomic E-state index is -5.08. The van der Waals surface area contributed by atoms with E-state index >= 15 is 0 Å². The molecule has 0 aliphatic rings. The Balaban J connectivity index is 2.42. The van der Waals surface area contributed by atoms with E-state index < -0.39 is 40.8 Å². The van der Waals surface area contributed by atoms with Crippen LogP contribution < -0.4 is 11.1 Å². The molecule has 0 aromatic heterocycles. The molecule has 2 aromatic rings. The van der Waals surface area contributed by atoms with Crippen LogP contribution in [-0.2, 0) is 12.4 Å². The maximum atomic E-state index is 13.3. The van der Waals surface area contributed by atoms with Gasteiger partial charge in [-0.3, -0.25) is 4.79 Å². The molecule has 0 saturated heterocycles. The molecule has 0 radical (unpaired) electrons. The van der Waals surface area contributed by atoms with Gasteiger partial charge >= 0.3 is 12.4 Å². The first-order valence-corrected chi connectivity index (χ1v) is 6.54. The summed E-state index contributed by atoms with van der Waals surface area (Å²) < 4.78 is 89.9. The number of rotatable bonds is 2. The smallest absolute Gasteiger partial charge is 0.396 e. The molecule has 3 N–H and O–H groups in total. The number of hydrogen-bond donors (Lipinski definition) is 2. The van der Waals surface area contributed by atoms with Crippen LogP contribution in [0, 0.1) is 5.82 Å². The summed E-state index contributed by atoms with van der Waals surface area (Å²) in [6.07, 6.45) is -10.2. The second-order valence-corrected chi connectivity index (χ2v) is 4.98. The number of hydrogen-bond acceptors (Lipinski definition) is 2. The van der Waals surface area contributed by atoms with E-state index in [2.05, 4.69) is 0 Å². The molecule has 0 atom stereocenters. The zero-order valence-corrected chi connectivity index (χ0v) is 12.1. The van der Waals surface area contributed by atoms with E-state index in [1.807, 2.05) is 5.32 Å². The third kappa shape index (κ3) is 4.40. The molecule has 2 rings (SSSR count). The summed E-state index contributed by atoms with van der Waals surface area (Å²) in [6.45, 7) is 0. The van der Waals surface area contributed by atoms with Crippen LogP contribution in [0.3, 0.4) is 0 Å². The van der Waals surface area contributed by atoms with Gasteiger partial charge in [-0.1, -0.05) is 0 Å². The molecule has 134 valence electrons. The van der Waals surface area contributed by atoms with Gasteiger partial charge in [0.2, 0.25) is 0 Å². The van der Waals surface area contributed by atoms with Crippen LogP contribution in [-0.4, -0.2) is 5.91 Å². The SMILES string of the molecule is Nc1ccc(NC(=O)c2cc(C(F)(F)F)cc(C(F)(F)F)c2)cc1F. The summed E-state index contributed by atoms with van der Waals surface area (Å²) in [5, 5.41) is 2.01. The summed E-state index contributed by atoms with van der Waals surface area (Å²) in [6, 6.07) is 3.47. The van der Waals surface area contributed by atoms with Crippen molar-refractivity contribution in [1.82, 2.24) is 0 Å². The lowest BCUT2D eigenvalue weighted by Gasteiger charge is -2.14. The summed E-state index contributed by atoms with van der Waals surface area (Å²) in [4.78, 5) is 12.0. The van der Waals surface area contributed by atoms with Gasteiger partial charge in [-0.05, 0) is 36.4 Å². The lowest BCUT2D eigenvalue weighted by molar-refractivity contribution is -0.143. The molecule has 3 nitrogen and oxygen atoms in total. The first-order chi connectivity index (χ1) is 11.4. The van der Waals surface area contributed by atoms with Crippen LogP contribution in [0.1, 0.15) is 21.5 Å². The number of nitrogens with one attached hydrogen (secondary N) is 1. The van der Waals surface area contributed by atoms with E-state index in [1.54, 1.807) is 0 Å². The number of benzene rings is 2. The highest BCUT2D eigenvalue weighted by Crippen LogP contribution is 2.36. The molecule has 10 heteroatoms. The maximum absolute atomic E-state index is 13.3. The van der Waals surface area contributed by atoms with Crippen molar-refractivity contribution in [2.75, 3.05) is 11.1 Å². The van der Waals surface area contributed by atoms with Crippen molar-refractivity contribution < 1.29 is 35.5 Å². The zero-order chi connectivity index (χ0) is 19.0. The average Bonchev–Trinajstić information content (AvgIpc) is 2.48. The Morgan fingerprint density at radius 3 is 1.84 bits per heavy atom.